The minimum absolute atomic E-state index is 0.305. The van der Waals surface area contributed by atoms with Crippen molar-refractivity contribution in [3.8, 4) is 22.9 Å². The van der Waals surface area contributed by atoms with Crippen molar-refractivity contribution in [3.05, 3.63) is 54.2 Å². The molecule has 0 spiro atoms. The van der Waals surface area contributed by atoms with Crippen LogP contribution in [0, 0.1) is 0 Å². The minimum atomic E-state index is 0.305. The van der Waals surface area contributed by atoms with Crippen molar-refractivity contribution in [2.45, 2.75) is 25.3 Å². The molecule has 0 bridgehead atoms. The summed E-state index contributed by atoms with van der Waals surface area (Å²) in [4.78, 5) is 11.1. The highest BCUT2D eigenvalue weighted by molar-refractivity contribution is 5.52. The third kappa shape index (κ3) is 4.14. The molecule has 28 heavy (non-hydrogen) atoms. The van der Waals surface area contributed by atoms with Crippen LogP contribution in [-0.2, 0) is 6.54 Å². The Hall–Kier alpha value is -2.93. The van der Waals surface area contributed by atoms with Crippen molar-refractivity contribution >= 4 is 0 Å². The van der Waals surface area contributed by atoms with Crippen LogP contribution in [0.15, 0.2) is 47.2 Å². The van der Waals surface area contributed by atoms with Gasteiger partial charge in [-0.2, -0.15) is 4.98 Å². The van der Waals surface area contributed by atoms with Crippen LogP contribution < -0.4 is 9.47 Å². The van der Waals surface area contributed by atoms with Crippen molar-refractivity contribution in [3.63, 3.8) is 0 Å². The number of piperidine rings is 1. The number of ether oxygens (including phenoxy) is 2. The lowest BCUT2D eigenvalue weighted by atomic mass is 9.96. The Morgan fingerprint density at radius 1 is 1.04 bits per heavy atom. The van der Waals surface area contributed by atoms with E-state index in [1.165, 1.54) is 5.56 Å². The van der Waals surface area contributed by atoms with E-state index in [9.17, 15) is 0 Å². The first-order valence-corrected chi connectivity index (χ1v) is 9.43. The summed E-state index contributed by atoms with van der Waals surface area (Å²) in [6, 6.07) is 9.80. The number of aromatic nitrogens is 3. The van der Waals surface area contributed by atoms with E-state index < -0.39 is 0 Å². The zero-order valence-electron chi connectivity index (χ0n) is 16.2. The monoisotopic (exact) mass is 380 g/mol. The highest BCUT2D eigenvalue weighted by Crippen LogP contribution is 2.30. The zero-order chi connectivity index (χ0) is 19.3. The van der Waals surface area contributed by atoms with Crippen molar-refractivity contribution in [2.24, 2.45) is 0 Å². The summed E-state index contributed by atoms with van der Waals surface area (Å²) in [5.41, 5.74) is 2.11. The fraction of sp³-hybridized carbons (Fsp3) is 0.381. The maximum absolute atomic E-state index is 5.54. The summed E-state index contributed by atoms with van der Waals surface area (Å²) in [6.07, 6.45) is 5.47. The molecule has 146 valence electrons. The minimum Gasteiger partial charge on any atom is -0.497 e. The average molecular weight is 380 g/mol. The SMILES string of the molecule is COc1cc(CN2CCC(c3nc(-c4ccncc4)no3)CC2)cc(OC)c1. The van der Waals surface area contributed by atoms with E-state index in [2.05, 4.69) is 32.2 Å². The fourth-order valence-electron chi connectivity index (χ4n) is 3.57. The normalized spacial score (nSPS) is 15.5. The highest BCUT2D eigenvalue weighted by atomic mass is 16.5. The first kappa shape index (κ1) is 18.4. The Morgan fingerprint density at radius 2 is 1.71 bits per heavy atom. The van der Waals surface area contributed by atoms with Gasteiger partial charge in [-0.15, -0.1) is 0 Å². The second-order valence-electron chi connectivity index (χ2n) is 6.96. The average Bonchev–Trinajstić information content (AvgIpc) is 3.25. The molecule has 0 N–H and O–H groups in total. The Kier molecular flexibility index (Phi) is 5.53. The number of likely N-dealkylation sites (tertiary alicyclic amines) is 1. The van der Waals surface area contributed by atoms with Gasteiger partial charge in [-0.1, -0.05) is 5.16 Å². The molecule has 4 rings (SSSR count). The predicted molar refractivity (Wildman–Crippen MR) is 104 cm³/mol. The molecule has 0 radical (unpaired) electrons. The quantitative estimate of drug-likeness (QED) is 0.648. The molecule has 1 fully saturated rings. The molecule has 1 aliphatic heterocycles. The summed E-state index contributed by atoms with van der Waals surface area (Å²) in [7, 11) is 3.35. The molecular formula is C21H24N4O3. The van der Waals surface area contributed by atoms with Crippen LogP contribution in [0.5, 0.6) is 11.5 Å². The van der Waals surface area contributed by atoms with Crippen LogP contribution in [0.4, 0.5) is 0 Å². The third-order valence-electron chi connectivity index (χ3n) is 5.13. The molecule has 1 aromatic carbocycles. The summed E-state index contributed by atoms with van der Waals surface area (Å²) >= 11 is 0. The molecule has 0 atom stereocenters. The van der Waals surface area contributed by atoms with Gasteiger partial charge in [0.2, 0.25) is 11.7 Å². The second kappa shape index (κ2) is 8.39. The van der Waals surface area contributed by atoms with Gasteiger partial charge in [-0.25, -0.2) is 0 Å². The predicted octanol–water partition coefficient (Wildman–Crippen LogP) is 3.53. The standard InChI is InChI=1S/C21H24N4O3/c1-26-18-11-15(12-19(13-18)27-2)14-25-9-5-17(6-10-25)21-23-20(24-28-21)16-3-7-22-8-4-16/h3-4,7-8,11-13,17H,5-6,9-10,14H2,1-2H3. The lowest BCUT2D eigenvalue weighted by molar-refractivity contribution is 0.187. The van der Waals surface area contributed by atoms with E-state index in [-0.39, 0.29) is 0 Å². The summed E-state index contributed by atoms with van der Waals surface area (Å²) in [5.74, 6) is 3.30. The van der Waals surface area contributed by atoms with Gasteiger partial charge in [0.25, 0.3) is 0 Å². The number of rotatable bonds is 6. The molecule has 3 aromatic rings. The molecule has 7 heteroatoms. The Morgan fingerprint density at radius 3 is 2.36 bits per heavy atom. The topological polar surface area (TPSA) is 73.5 Å². The molecule has 2 aromatic heterocycles. The first-order valence-electron chi connectivity index (χ1n) is 9.43. The maximum Gasteiger partial charge on any atom is 0.230 e. The number of benzene rings is 1. The molecule has 3 heterocycles. The Bertz CT molecular complexity index is 883. The highest BCUT2D eigenvalue weighted by Gasteiger charge is 2.25. The lowest BCUT2D eigenvalue weighted by Crippen LogP contribution is -2.32. The van der Waals surface area contributed by atoms with Crippen molar-refractivity contribution in [1.29, 1.82) is 0 Å². The molecule has 0 amide bonds. The number of pyridine rings is 1. The van der Waals surface area contributed by atoms with E-state index in [1.54, 1.807) is 26.6 Å². The van der Waals surface area contributed by atoms with Gasteiger partial charge < -0.3 is 14.0 Å². The molecule has 7 nitrogen and oxygen atoms in total. The first-order chi connectivity index (χ1) is 13.7. The molecule has 0 saturated carbocycles. The summed E-state index contributed by atoms with van der Waals surface area (Å²) in [6.45, 7) is 2.83. The summed E-state index contributed by atoms with van der Waals surface area (Å²) in [5, 5.41) is 4.13. The lowest BCUT2D eigenvalue weighted by Gasteiger charge is -2.30. The molecule has 0 unspecified atom stereocenters. The van der Waals surface area contributed by atoms with E-state index in [0.717, 1.165) is 55.4 Å². The van der Waals surface area contributed by atoms with E-state index in [4.69, 9.17) is 14.0 Å². The smallest absolute Gasteiger partial charge is 0.230 e. The van der Waals surface area contributed by atoms with Gasteiger partial charge in [0.1, 0.15) is 11.5 Å². The number of hydrogen-bond acceptors (Lipinski definition) is 7. The van der Waals surface area contributed by atoms with Gasteiger partial charge in [0, 0.05) is 36.5 Å². The van der Waals surface area contributed by atoms with Crippen molar-refractivity contribution in [1.82, 2.24) is 20.0 Å². The van der Waals surface area contributed by atoms with Crippen LogP contribution in [0.3, 0.4) is 0 Å². The van der Waals surface area contributed by atoms with Crippen LogP contribution in [0.2, 0.25) is 0 Å². The summed E-state index contributed by atoms with van der Waals surface area (Å²) < 4.78 is 16.3. The molecule has 0 aliphatic carbocycles. The molecular weight excluding hydrogens is 356 g/mol. The van der Waals surface area contributed by atoms with Gasteiger partial charge in [0.15, 0.2) is 0 Å². The van der Waals surface area contributed by atoms with Gasteiger partial charge in [-0.05, 0) is 55.8 Å². The van der Waals surface area contributed by atoms with Gasteiger partial charge in [0.05, 0.1) is 14.2 Å². The van der Waals surface area contributed by atoms with Gasteiger partial charge in [-0.3, -0.25) is 9.88 Å². The van der Waals surface area contributed by atoms with Crippen LogP contribution in [-0.4, -0.2) is 47.3 Å². The number of nitrogens with zero attached hydrogens (tertiary/aromatic N) is 4. The third-order valence-corrected chi connectivity index (χ3v) is 5.13. The fourth-order valence-corrected chi connectivity index (χ4v) is 3.57. The Labute approximate surface area is 164 Å². The van der Waals surface area contributed by atoms with Crippen LogP contribution >= 0.6 is 0 Å². The van der Waals surface area contributed by atoms with Gasteiger partial charge >= 0.3 is 0 Å². The number of methoxy groups -OCH3 is 2. The largest absolute Gasteiger partial charge is 0.497 e. The van der Waals surface area contributed by atoms with E-state index >= 15 is 0 Å². The maximum atomic E-state index is 5.54. The molecule has 1 aliphatic rings. The second-order valence-corrected chi connectivity index (χ2v) is 6.96. The zero-order valence-corrected chi connectivity index (χ0v) is 16.2. The van der Waals surface area contributed by atoms with Crippen molar-refractivity contribution < 1.29 is 14.0 Å². The van der Waals surface area contributed by atoms with Crippen molar-refractivity contribution in [2.75, 3.05) is 27.3 Å². The van der Waals surface area contributed by atoms with E-state index in [1.807, 2.05) is 18.2 Å². The number of hydrogen-bond donors (Lipinski definition) is 0. The van der Waals surface area contributed by atoms with E-state index in [0.29, 0.717) is 11.7 Å². The Balaban J connectivity index is 1.37. The van der Waals surface area contributed by atoms with Crippen LogP contribution in [0.1, 0.15) is 30.2 Å². The molecule has 1 saturated heterocycles. The van der Waals surface area contributed by atoms with Crippen LogP contribution in [0.25, 0.3) is 11.4 Å².